The molecule has 1 aromatic carbocycles. The molecule has 3 rings (SSSR count). The molecule has 1 aliphatic heterocycles. The fraction of sp³-hybridized carbons (Fsp3) is 0.286. The van der Waals surface area contributed by atoms with E-state index in [1.165, 1.54) is 0 Å². The molecular weight excluding hydrogens is 334 g/mol. The molecule has 0 aliphatic carbocycles. The first-order valence-corrected chi connectivity index (χ1v) is 7.34. The van der Waals surface area contributed by atoms with Gasteiger partial charge < -0.3 is 0 Å². The summed E-state index contributed by atoms with van der Waals surface area (Å²) in [7, 11) is 0. The number of azide groups is 1. The smallest absolute Gasteiger partial charge is 0.228 e. The van der Waals surface area contributed by atoms with Gasteiger partial charge in [-0.3, -0.25) is 9.69 Å². The molecule has 7 heteroatoms. The number of carbonyl (C=O) groups is 1. The highest BCUT2D eigenvalue weighted by atomic mass is 79.9. The number of carbonyl (C=O) groups excluding carboxylic acids is 1. The molecule has 1 amide bonds. The summed E-state index contributed by atoms with van der Waals surface area (Å²) in [5, 5.41) is 5.52. The summed E-state index contributed by atoms with van der Waals surface area (Å²) in [6.07, 6.45) is 2.11. The molecule has 0 radical (unpaired) electrons. The molecule has 2 aromatic rings. The van der Waals surface area contributed by atoms with Crippen molar-refractivity contribution in [2.45, 2.75) is 6.42 Å². The summed E-state index contributed by atoms with van der Waals surface area (Å²) >= 11 is 3.48. The van der Waals surface area contributed by atoms with Crippen LogP contribution in [0.3, 0.4) is 0 Å². The van der Waals surface area contributed by atoms with Crippen molar-refractivity contribution < 1.29 is 4.79 Å². The first-order chi connectivity index (χ1) is 10.2. The minimum Gasteiger partial charge on any atom is -0.296 e. The SMILES string of the molecule is [N-]=[N+]=NCC1CC(=O)N(c2ncc(Br)c3ccccc23)C1. The first kappa shape index (κ1) is 13.9. The third kappa shape index (κ3) is 2.57. The Balaban J connectivity index is 1.99. The van der Waals surface area contributed by atoms with E-state index in [1.54, 1.807) is 11.1 Å². The van der Waals surface area contributed by atoms with Gasteiger partial charge in [-0.15, -0.1) is 0 Å². The van der Waals surface area contributed by atoms with E-state index in [4.69, 9.17) is 5.53 Å². The van der Waals surface area contributed by atoms with Gasteiger partial charge in [0.15, 0.2) is 0 Å². The minimum absolute atomic E-state index is 0.0214. The molecule has 2 heterocycles. The van der Waals surface area contributed by atoms with Gasteiger partial charge in [-0.1, -0.05) is 29.4 Å². The van der Waals surface area contributed by atoms with Crippen molar-refractivity contribution in [3.63, 3.8) is 0 Å². The van der Waals surface area contributed by atoms with Crippen LogP contribution in [0.15, 0.2) is 40.0 Å². The van der Waals surface area contributed by atoms with Crippen molar-refractivity contribution >= 4 is 38.4 Å². The Morgan fingerprint density at radius 3 is 2.95 bits per heavy atom. The van der Waals surface area contributed by atoms with Gasteiger partial charge in [0.05, 0.1) is 0 Å². The van der Waals surface area contributed by atoms with Crippen LogP contribution >= 0.6 is 15.9 Å². The maximum Gasteiger partial charge on any atom is 0.228 e. The number of benzene rings is 1. The molecule has 0 spiro atoms. The zero-order valence-electron chi connectivity index (χ0n) is 11.1. The second kappa shape index (κ2) is 5.71. The van der Waals surface area contributed by atoms with Gasteiger partial charge in [0.1, 0.15) is 5.82 Å². The zero-order chi connectivity index (χ0) is 14.8. The molecule has 1 aliphatic rings. The number of halogens is 1. The number of aromatic nitrogens is 1. The maximum absolute atomic E-state index is 12.2. The highest BCUT2D eigenvalue weighted by molar-refractivity contribution is 9.10. The predicted molar refractivity (Wildman–Crippen MR) is 83.9 cm³/mol. The third-order valence-electron chi connectivity index (χ3n) is 3.59. The number of rotatable bonds is 3. The molecule has 0 bridgehead atoms. The van der Waals surface area contributed by atoms with Crippen LogP contribution in [0.1, 0.15) is 6.42 Å². The van der Waals surface area contributed by atoms with Crippen molar-refractivity contribution in [1.29, 1.82) is 0 Å². The Morgan fingerprint density at radius 1 is 1.43 bits per heavy atom. The molecule has 6 nitrogen and oxygen atoms in total. The first-order valence-electron chi connectivity index (χ1n) is 6.55. The Bertz CT molecular complexity index is 756. The van der Waals surface area contributed by atoms with Gasteiger partial charge in [0.2, 0.25) is 5.91 Å². The lowest BCUT2D eigenvalue weighted by molar-refractivity contribution is -0.117. The van der Waals surface area contributed by atoms with E-state index in [9.17, 15) is 4.79 Å². The zero-order valence-corrected chi connectivity index (χ0v) is 12.7. The summed E-state index contributed by atoms with van der Waals surface area (Å²) in [6, 6.07) is 7.82. The van der Waals surface area contributed by atoms with Gasteiger partial charge in [0.25, 0.3) is 0 Å². The molecule has 1 fully saturated rings. The largest absolute Gasteiger partial charge is 0.296 e. The van der Waals surface area contributed by atoms with E-state index in [2.05, 4.69) is 30.9 Å². The van der Waals surface area contributed by atoms with Crippen LogP contribution in [0, 0.1) is 5.92 Å². The number of pyridine rings is 1. The average molecular weight is 346 g/mol. The number of fused-ring (bicyclic) bond motifs is 1. The van der Waals surface area contributed by atoms with Crippen LogP contribution in [0.2, 0.25) is 0 Å². The van der Waals surface area contributed by atoms with Crippen molar-refractivity contribution in [2.24, 2.45) is 11.0 Å². The average Bonchev–Trinajstić information content (AvgIpc) is 2.87. The van der Waals surface area contributed by atoms with Crippen molar-refractivity contribution in [3.8, 4) is 0 Å². The minimum atomic E-state index is 0.0214. The van der Waals surface area contributed by atoms with Gasteiger partial charge in [-0.2, -0.15) is 0 Å². The van der Waals surface area contributed by atoms with Gasteiger partial charge in [0, 0.05) is 45.9 Å². The lowest BCUT2D eigenvalue weighted by atomic mass is 10.1. The van der Waals surface area contributed by atoms with Gasteiger partial charge >= 0.3 is 0 Å². The molecule has 1 aromatic heterocycles. The van der Waals surface area contributed by atoms with Crippen LogP contribution in [0.4, 0.5) is 5.82 Å². The molecule has 21 heavy (non-hydrogen) atoms. The summed E-state index contributed by atoms with van der Waals surface area (Å²) in [5.74, 6) is 0.743. The Kier molecular flexibility index (Phi) is 3.77. The van der Waals surface area contributed by atoms with Crippen LogP contribution in [0.25, 0.3) is 21.2 Å². The monoisotopic (exact) mass is 345 g/mol. The van der Waals surface area contributed by atoms with Crippen LogP contribution in [-0.2, 0) is 4.79 Å². The molecule has 0 saturated carbocycles. The fourth-order valence-electron chi connectivity index (χ4n) is 2.62. The summed E-state index contributed by atoms with van der Waals surface area (Å²) < 4.78 is 0.902. The van der Waals surface area contributed by atoms with E-state index < -0.39 is 0 Å². The lowest BCUT2D eigenvalue weighted by Gasteiger charge is -2.18. The number of hydrogen-bond acceptors (Lipinski definition) is 3. The number of nitrogens with zero attached hydrogens (tertiary/aromatic N) is 5. The van der Waals surface area contributed by atoms with E-state index in [1.807, 2.05) is 24.3 Å². The van der Waals surface area contributed by atoms with Crippen LogP contribution in [-0.4, -0.2) is 24.0 Å². The van der Waals surface area contributed by atoms with Gasteiger partial charge in [-0.25, -0.2) is 4.98 Å². The normalized spacial score (nSPS) is 18.0. The predicted octanol–water partition coefficient (Wildman–Crippen LogP) is 3.66. The lowest BCUT2D eigenvalue weighted by Crippen LogP contribution is -2.26. The Hall–Kier alpha value is -2.11. The van der Waals surface area contributed by atoms with Crippen LogP contribution < -0.4 is 4.90 Å². The quantitative estimate of drug-likeness (QED) is 0.483. The highest BCUT2D eigenvalue weighted by Crippen LogP contribution is 2.33. The summed E-state index contributed by atoms with van der Waals surface area (Å²) in [6.45, 7) is 0.879. The molecular formula is C14H12BrN5O. The fourth-order valence-corrected chi connectivity index (χ4v) is 3.07. The molecule has 106 valence electrons. The molecule has 1 saturated heterocycles. The van der Waals surface area contributed by atoms with E-state index in [0.717, 1.165) is 15.2 Å². The molecule has 1 atom stereocenters. The number of anilines is 1. The number of hydrogen-bond donors (Lipinski definition) is 0. The second-order valence-corrected chi connectivity index (χ2v) is 5.82. The van der Waals surface area contributed by atoms with Crippen molar-refractivity contribution in [2.75, 3.05) is 18.0 Å². The number of amides is 1. The standard InChI is InChI=1S/C14H12BrN5O/c15-12-7-17-14(11-4-2-1-3-10(11)12)20-8-9(5-13(20)21)6-18-19-16/h1-4,7,9H,5-6,8H2. The Morgan fingerprint density at radius 2 is 2.19 bits per heavy atom. The molecule has 0 N–H and O–H groups in total. The highest BCUT2D eigenvalue weighted by Gasteiger charge is 2.31. The summed E-state index contributed by atoms with van der Waals surface area (Å²) in [5.41, 5.74) is 8.39. The maximum atomic E-state index is 12.2. The molecule has 1 unspecified atom stereocenters. The van der Waals surface area contributed by atoms with E-state index >= 15 is 0 Å². The third-order valence-corrected chi connectivity index (χ3v) is 4.22. The van der Waals surface area contributed by atoms with E-state index in [0.29, 0.717) is 25.3 Å². The van der Waals surface area contributed by atoms with Crippen molar-refractivity contribution in [1.82, 2.24) is 4.98 Å². The summed E-state index contributed by atoms with van der Waals surface area (Å²) in [4.78, 5) is 21.1. The Labute approximate surface area is 129 Å². The van der Waals surface area contributed by atoms with E-state index in [-0.39, 0.29) is 11.8 Å². The van der Waals surface area contributed by atoms with Crippen LogP contribution in [0.5, 0.6) is 0 Å². The second-order valence-electron chi connectivity index (χ2n) is 4.96. The topological polar surface area (TPSA) is 82.0 Å². The van der Waals surface area contributed by atoms with Gasteiger partial charge in [-0.05, 0) is 27.4 Å². The van der Waals surface area contributed by atoms with Crippen molar-refractivity contribution in [3.05, 3.63) is 45.4 Å².